The van der Waals surface area contributed by atoms with Crippen LogP contribution in [0, 0.1) is 5.92 Å². The Hall–Kier alpha value is -0.700. The average molecular weight is 398 g/mol. The van der Waals surface area contributed by atoms with Crippen LogP contribution in [0.1, 0.15) is 55.9 Å². The van der Waals surface area contributed by atoms with Crippen LogP contribution in [0.25, 0.3) is 0 Å². The predicted molar refractivity (Wildman–Crippen MR) is 102 cm³/mol. The highest BCUT2D eigenvalue weighted by atomic mass is 32.2. The molecule has 144 valence electrons. The van der Waals surface area contributed by atoms with Crippen LogP contribution in [0.15, 0.2) is 5.16 Å². The summed E-state index contributed by atoms with van der Waals surface area (Å²) in [6, 6.07) is 0. The lowest BCUT2D eigenvalue weighted by molar-refractivity contribution is 0.0255. The van der Waals surface area contributed by atoms with Crippen molar-refractivity contribution in [1.82, 2.24) is 14.3 Å². The maximum Gasteiger partial charge on any atom is 0.289 e. The fourth-order valence-corrected chi connectivity index (χ4v) is 5.70. The molecule has 1 aromatic rings. The molecule has 3 heterocycles. The standard InChI is InChI=1S/C18H27N3O3S2/c22-18(21-7-10-23-11-8-21)25-17-19-16(26-20-17)15-6-5-13(15)12-14-4-2-1-3-9-24-14/h13-15H,1-12H2. The van der Waals surface area contributed by atoms with E-state index in [0.717, 1.165) is 29.8 Å². The van der Waals surface area contributed by atoms with Crippen molar-refractivity contribution in [3.05, 3.63) is 5.01 Å². The maximum absolute atomic E-state index is 12.3. The molecule has 3 atom stereocenters. The topological polar surface area (TPSA) is 64.5 Å². The van der Waals surface area contributed by atoms with Crippen molar-refractivity contribution < 1.29 is 14.3 Å². The molecule has 6 nitrogen and oxygen atoms in total. The van der Waals surface area contributed by atoms with E-state index in [4.69, 9.17) is 9.47 Å². The molecule has 0 radical (unpaired) electrons. The van der Waals surface area contributed by atoms with Gasteiger partial charge in [0.25, 0.3) is 5.24 Å². The second kappa shape index (κ2) is 8.99. The van der Waals surface area contributed by atoms with E-state index in [0.29, 0.717) is 49.4 Å². The highest BCUT2D eigenvalue weighted by Crippen LogP contribution is 2.46. The SMILES string of the molecule is O=C(Sc1nsc(C2CCC2CC2CCCCCO2)n1)N1CCOCC1. The normalized spacial score (nSPS) is 29.8. The van der Waals surface area contributed by atoms with Crippen molar-refractivity contribution in [3.8, 4) is 0 Å². The third-order valence-electron chi connectivity index (χ3n) is 5.70. The molecule has 3 aliphatic rings. The smallest absolute Gasteiger partial charge is 0.289 e. The van der Waals surface area contributed by atoms with Gasteiger partial charge in [-0.1, -0.05) is 12.8 Å². The van der Waals surface area contributed by atoms with Gasteiger partial charge in [-0.3, -0.25) is 4.79 Å². The molecule has 2 saturated heterocycles. The van der Waals surface area contributed by atoms with Gasteiger partial charge in [-0.15, -0.1) is 0 Å². The Bertz CT molecular complexity index is 598. The first kappa shape index (κ1) is 18.7. The van der Waals surface area contributed by atoms with Crippen LogP contribution >= 0.6 is 23.3 Å². The van der Waals surface area contributed by atoms with Crippen molar-refractivity contribution in [2.75, 3.05) is 32.9 Å². The largest absolute Gasteiger partial charge is 0.378 e. The number of nitrogens with zero attached hydrogens (tertiary/aromatic N) is 3. The van der Waals surface area contributed by atoms with Gasteiger partial charge < -0.3 is 14.4 Å². The van der Waals surface area contributed by atoms with E-state index in [9.17, 15) is 4.79 Å². The lowest BCUT2D eigenvalue weighted by Gasteiger charge is -2.37. The van der Waals surface area contributed by atoms with Gasteiger partial charge in [0.15, 0.2) is 0 Å². The summed E-state index contributed by atoms with van der Waals surface area (Å²) in [6.07, 6.45) is 9.04. The third-order valence-corrected chi connectivity index (χ3v) is 7.45. The molecular weight excluding hydrogens is 370 g/mol. The molecule has 1 saturated carbocycles. The highest BCUT2D eigenvalue weighted by Gasteiger charge is 2.36. The Balaban J connectivity index is 1.30. The van der Waals surface area contributed by atoms with E-state index in [-0.39, 0.29) is 5.24 Å². The number of aromatic nitrogens is 2. The molecule has 8 heteroatoms. The summed E-state index contributed by atoms with van der Waals surface area (Å²) >= 11 is 2.63. The summed E-state index contributed by atoms with van der Waals surface area (Å²) in [4.78, 5) is 18.8. The number of thioether (sulfide) groups is 1. The molecule has 0 aromatic carbocycles. The molecule has 3 fully saturated rings. The number of amides is 1. The van der Waals surface area contributed by atoms with Crippen LogP contribution in [0.3, 0.4) is 0 Å². The van der Waals surface area contributed by atoms with Gasteiger partial charge >= 0.3 is 0 Å². The van der Waals surface area contributed by atoms with Crippen molar-refractivity contribution in [2.45, 2.75) is 62.1 Å². The molecule has 0 bridgehead atoms. The van der Waals surface area contributed by atoms with E-state index in [1.165, 1.54) is 50.1 Å². The molecule has 4 rings (SSSR count). The first-order valence-corrected chi connectivity index (χ1v) is 11.4. The van der Waals surface area contributed by atoms with Crippen molar-refractivity contribution in [1.29, 1.82) is 0 Å². The zero-order valence-electron chi connectivity index (χ0n) is 15.1. The van der Waals surface area contributed by atoms with E-state index < -0.39 is 0 Å². The van der Waals surface area contributed by atoms with E-state index in [1.54, 1.807) is 0 Å². The number of hydrogen-bond acceptors (Lipinski definition) is 7. The average Bonchev–Trinajstić information content (AvgIpc) is 2.92. The van der Waals surface area contributed by atoms with E-state index in [2.05, 4.69) is 9.36 Å². The number of carbonyl (C=O) groups excluding carboxylic acids is 1. The minimum atomic E-state index is 0.0367. The molecule has 26 heavy (non-hydrogen) atoms. The van der Waals surface area contributed by atoms with Gasteiger partial charge in [0.05, 0.1) is 19.3 Å². The zero-order chi connectivity index (χ0) is 17.8. The molecular formula is C18H27N3O3S2. The lowest BCUT2D eigenvalue weighted by Crippen LogP contribution is -2.38. The highest BCUT2D eigenvalue weighted by molar-refractivity contribution is 8.13. The van der Waals surface area contributed by atoms with Crippen molar-refractivity contribution >= 4 is 28.5 Å². The molecule has 0 N–H and O–H groups in total. The quantitative estimate of drug-likeness (QED) is 0.718. The van der Waals surface area contributed by atoms with Crippen LogP contribution in [0.2, 0.25) is 0 Å². The first-order valence-electron chi connectivity index (χ1n) is 9.79. The molecule has 1 aromatic heterocycles. The molecule has 2 aliphatic heterocycles. The summed E-state index contributed by atoms with van der Waals surface area (Å²) < 4.78 is 15.8. The summed E-state index contributed by atoms with van der Waals surface area (Å²) in [6.45, 7) is 3.49. The number of hydrogen-bond donors (Lipinski definition) is 0. The Labute approximate surface area is 163 Å². The summed E-state index contributed by atoms with van der Waals surface area (Å²) in [5.41, 5.74) is 0. The van der Waals surface area contributed by atoms with Crippen LogP contribution in [-0.4, -0.2) is 58.5 Å². The molecule has 1 aliphatic carbocycles. The van der Waals surface area contributed by atoms with Crippen molar-refractivity contribution in [3.63, 3.8) is 0 Å². The van der Waals surface area contributed by atoms with Gasteiger partial charge in [0.2, 0.25) is 5.16 Å². The Morgan fingerprint density at radius 3 is 2.85 bits per heavy atom. The number of carbonyl (C=O) groups is 1. The van der Waals surface area contributed by atoms with Crippen LogP contribution in [0.5, 0.6) is 0 Å². The fourth-order valence-electron chi connectivity index (χ4n) is 3.99. The Morgan fingerprint density at radius 1 is 1.15 bits per heavy atom. The van der Waals surface area contributed by atoms with Crippen LogP contribution in [-0.2, 0) is 9.47 Å². The fraction of sp³-hybridized carbons (Fsp3) is 0.833. The van der Waals surface area contributed by atoms with Crippen LogP contribution in [0.4, 0.5) is 4.79 Å². The third kappa shape index (κ3) is 4.58. The van der Waals surface area contributed by atoms with Gasteiger partial charge in [-0.05, 0) is 49.6 Å². The second-order valence-corrected chi connectivity index (χ2v) is 9.11. The summed E-state index contributed by atoms with van der Waals surface area (Å²) in [5, 5.41) is 1.75. The van der Waals surface area contributed by atoms with Gasteiger partial charge in [0, 0.05) is 37.4 Å². The monoisotopic (exact) mass is 397 g/mol. The number of ether oxygens (including phenoxy) is 2. The Morgan fingerprint density at radius 2 is 2.04 bits per heavy atom. The summed E-state index contributed by atoms with van der Waals surface area (Å²) in [5.74, 6) is 1.17. The first-order chi connectivity index (χ1) is 12.8. The lowest BCUT2D eigenvalue weighted by atomic mass is 9.71. The van der Waals surface area contributed by atoms with Crippen molar-refractivity contribution in [2.24, 2.45) is 5.92 Å². The van der Waals surface area contributed by atoms with Gasteiger partial charge in [-0.2, -0.15) is 4.37 Å². The summed E-state index contributed by atoms with van der Waals surface area (Å²) in [7, 11) is 0. The van der Waals surface area contributed by atoms with Gasteiger partial charge in [-0.25, -0.2) is 4.98 Å². The molecule has 1 amide bonds. The minimum Gasteiger partial charge on any atom is -0.378 e. The van der Waals surface area contributed by atoms with Crippen LogP contribution < -0.4 is 0 Å². The van der Waals surface area contributed by atoms with E-state index >= 15 is 0 Å². The Kier molecular flexibility index (Phi) is 6.45. The maximum atomic E-state index is 12.3. The zero-order valence-corrected chi connectivity index (χ0v) is 16.7. The minimum absolute atomic E-state index is 0.0367. The number of rotatable bonds is 4. The molecule has 0 spiro atoms. The number of morpholine rings is 1. The molecule has 3 unspecified atom stereocenters. The van der Waals surface area contributed by atoms with Gasteiger partial charge in [0.1, 0.15) is 5.01 Å². The predicted octanol–water partition coefficient (Wildman–Crippen LogP) is 3.93. The van der Waals surface area contributed by atoms with E-state index in [1.807, 2.05) is 4.90 Å². The second-order valence-electron chi connectivity index (χ2n) is 7.40.